The van der Waals surface area contributed by atoms with Crippen LogP contribution in [0.4, 0.5) is 5.69 Å². The zero-order valence-corrected chi connectivity index (χ0v) is 13.7. The topological polar surface area (TPSA) is 32.5 Å². The van der Waals surface area contributed by atoms with E-state index in [1.165, 1.54) is 49.2 Å². The molecule has 2 aliphatic rings. The number of nitrogens with two attached hydrogens (primary N) is 1. The lowest BCUT2D eigenvalue weighted by Crippen LogP contribution is -2.37. The highest BCUT2D eigenvalue weighted by Crippen LogP contribution is 2.32. The maximum Gasteiger partial charge on any atom is 0.0400 e. The maximum absolute atomic E-state index is 6.06. The van der Waals surface area contributed by atoms with E-state index in [0.717, 1.165) is 18.5 Å². The molecule has 0 spiro atoms. The Labute approximate surface area is 129 Å². The van der Waals surface area contributed by atoms with E-state index in [2.05, 4.69) is 48.9 Å². The van der Waals surface area contributed by atoms with E-state index < -0.39 is 0 Å². The molecular formula is C18H29N3. The van der Waals surface area contributed by atoms with Gasteiger partial charge in [-0.3, -0.25) is 4.90 Å². The van der Waals surface area contributed by atoms with Crippen LogP contribution in [0.15, 0.2) is 18.2 Å². The molecule has 3 rings (SSSR count). The number of nitrogens with zero attached hydrogens (tertiary/aromatic N) is 2. The summed E-state index contributed by atoms with van der Waals surface area (Å²) in [6.45, 7) is 6.62. The molecule has 3 unspecified atom stereocenters. The number of aryl methyl sites for hydroxylation is 1. The first-order chi connectivity index (χ1) is 10.0. The summed E-state index contributed by atoms with van der Waals surface area (Å²) in [5, 5.41) is 0. The summed E-state index contributed by atoms with van der Waals surface area (Å²) in [6, 6.07) is 8.62. The summed E-state index contributed by atoms with van der Waals surface area (Å²) in [4.78, 5) is 5.22. The second-order valence-electron chi connectivity index (χ2n) is 7.10. The molecule has 0 aliphatic carbocycles. The van der Waals surface area contributed by atoms with Gasteiger partial charge in [-0.25, -0.2) is 0 Å². The Morgan fingerprint density at radius 2 is 2.00 bits per heavy atom. The molecule has 3 heteroatoms. The van der Waals surface area contributed by atoms with Gasteiger partial charge in [0.15, 0.2) is 0 Å². The Morgan fingerprint density at radius 3 is 2.76 bits per heavy atom. The number of rotatable bonds is 3. The molecule has 2 bridgehead atoms. The van der Waals surface area contributed by atoms with Gasteiger partial charge in [-0.05, 0) is 58.2 Å². The van der Waals surface area contributed by atoms with E-state index >= 15 is 0 Å². The van der Waals surface area contributed by atoms with Crippen molar-refractivity contribution in [3.8, 4) is 0 Å². The average molecular weight is 287 g/mol. The molecular weight excluding hydrogens is 258 g/mol. The van der Waals surface area contributed by atoms with Crippen LogP contribution in [0.5, 0.6) is 0 Å². The lowest BCUT2D eigenvalue weighted by Gasteiger charge is -2.30. The predicted molar refractivity (Wildman–Crippen MR) is 89.9 cm³/mol. The van der Waals surface area contributed by atoms with E-state index in [1.54, 1.807) is 0 Å². The van der Waals surface area contributed by atoms with Crippen LogP contribution >= 0.6 is 0 Å². The van der Waals surface area contributed by atoms with E-state index in [4.69, 9.17) is 5.73 Å². The number of fused-ring (bicyclic) bond motifs is 2. The molecule has 0 aromatic heterocycles. The highest BCUT2D eigenvalue weighted by Gasteiger charge is 2.35. The molecule has 0 saturated carbocycles. The molecule has 2 saturated heterocycles. The van der Waals surface area contributed by atoms with Crippen LogP contribution in [-0.4, -0.2) is 43.2 Å². The molecule has 2 heterocycles. The third-order valence-corrected chi connectivity index (χ3v) is 5.27. The minimum Gasteiger partial charge on any atom is -0.370 e. The second kappa shape index (κ2) is 5.98. The zero-order chi connectivity index (χ0) is 15.0. The number of likely N-dealkylation sites (N-methyl/N-ethyl adjacent to an activating group) is 1. The van der Waals surface area contributed by atoms with Crippen molar-refractivity contribution in [2.75, 3.05) is 25.0 Å². The lowest BCUT2D eigenvalue weighted by atomic mass is 10.0. The summed E-state index contributed by atoms with van der Waals surface area (Å²) in [6.07, 6.45) is 5.00. The fraction of sp³-hybridized carbons (Fsp3) is 0.667. The molecule has 0 amide bonds. The maximum atomic E-state index is 6.06. The van der Waals surface area contributed by atoms with E-state index in [9.17, 15) is 0 Å². The third-order valence-electron chi connectivity index (χ3n) is 5.27. The zero-order valence-electron chi connectivity index (χ0n) is 13.7. The van der Waals surface area contributed by atoms with Gasteiger partial charge in [0.1, 0.15) is 0 Å². The summed E-state index contributed by atoms with van der Waals surface area (Å²) >= 11 is 0. The molecule has 0 radical (unpaired) electrons. The highest BCUT2D eigenvalue weighted by molar-refractivity contribution is 5.56. The summed E-state index contributed by atoms with van der Waals surface area (Å²) < 4.78 is 0. The van der Waals surface area contributed by atoms with Gasteiger partial charge in [-0.15, -0.1) is 0 Å². The monoisotopic (exact) mass is 287 g/mol. The van der Waals surface area contributed by atoms with Gasteiger partial charge < -0.3 is 10.6 Å². The first-order valence-corrected chi connectivity index (χ1v) is 8.36. The van der Waals surface area contributed by atoms with Crippen molar-refractivity contribution < 1.29 is 0 Å². The lowest BCUT2D eigenvalue weighted by molar-refractivity contribution is 0.254. The molecule has 1 aromatic rings. The largest absolute Gasteiger partial charge is 0.370 e. The highest BCUT2D eigenvalue weighted by atomic mass is 15.3. The van der Waals surface area contributed by atoms with Gasteiger partial charge in [0.25, 0.3) is 0 Å². The van der Waals surface area contributed by atoms with Crippen LogP contribution in [0.1, 0.15) is 37.3 Å². The minimum absolute atomic E-state index is 0.219. The van der Waals surface area contributed by atoms with Crippen LogP contribution in [0.25, 0.3) is 0 Å². The van der Waals surface area contributed by atoms with E-state index in [1.807, 2.05) is 0 Å². The Balaban J connectivity index is 1.86. The summed E-state index contributed by atoms with van der Waals surface area (Å²) in [5.41, 5.74) is 10.2. The molecule has 2 N–H and O–H groups in total. The SMILES string of the molecule is Cc1ccc(N2CCC3CCC(C2)N3C)c(CC(C)N)c1. The molecule has 21 heavy (non-hydrogen) atoms. The minimum atomic E-state index is 0.219. The Hall–Kier alpha value is -1.06. The van der Waals surface area contributed by atoms with Gasteiger partial charge in [0.2, 0.25) is 0 Å². The van der Waals surface area contributed by atoms with Crippen LogP contribution in [0.2, 0.25) is 0 Å². The van der Waals surface area contributed by atoms with Crippen molar-refractivity contribution in [2.24, 2.45) is 5.73 Å². The summed E-state index contributed by atoms with van der Waals surface area (Å²) in [5.74, 6) is 0. The summed E-state index contributed by atoms with van der Waals surface area (Å²) in [7, 11) is 2.31. The number of hydrogen-bond donors (Lipinski definition) is 1. The van der Waals surface area contributed by atoms with Crippen LogP contribution in [0.3, 0.4) is 0 Å². The smallest absolute Gasteiger partial charge is 0.0400 e. The van der Waals surface area contributed by atoms with Crippen molar-refractivity contribution in [2.45, 2.75) is 57.7 Å². The van der Waals surface area contributed by atoms with Gasteiger partial charge in [0, 0.05) is 36.9 Å². The molecule has 1 aromatic carbocycles. The first kappa shape index (κ1) is 14.9. The van der Waals surface area contributed by atoms with Gasteiger partial charge >= 0.3 is 0 Å². The molecule has 3 nitrogen and oxygen atoms in total. The fourth-order valence-corrected chi connectivity index (χ4v) is 4.06. The average Bonchev–Trinajstić information content (AvgIpc) is 2.64. The quantitative estimate of drug-likeness (QED) is 0.927. The Kier molecular flexibility index (Phi) is 4.23. The molecule has 116 valence electrons. The Bertz CT molecular complexity index is 497. The molecule has 2 fully saturated rings. The van der Waals surface area contributed by atoms with Crippen molar-refractivity contribution in [1.29, 1.82) is 0 Å². The van der Waals surface area contributed by atoms with E-state index in [-0.39, 0.29) is 6.04 Å². The second-order valence-corrected chi connectivity index (χ2v) is 7.10. The predicted octanol–water partition coefficient (Wildman–Crippen LogP) is 2.56. The van der Waals surface area contributed by atoms with Crippen LogP contribution < -0.4 is 10.6 Å². The molecule has 2 aliphatic heterocycles. The normalized spacial score (nSPS) is 27.7. The van der Waals surface area contributed by atoms with Crippen molar-refractivity contribution in [1.82, 2.24) is 4.90 Å². The number of anilines is 1. The fourth-order valence-electron chi connectivity index (χ4n) is 4.06. The van der Waals surface area contributed by atoms with Crippen LogP contribution in [0, 0.1) is 6.92 Å². The van der Waals surface area contributed by atoms with Crippen molar-refractivity contribution in [3.63, 3.8) is 0 Å². The van der Waals surface area contributed by atoms with Crippen LogP contribution in [-0.2, 0) is 6.42 Å². The van der Waals surface area contributed by atoms with Crippen molar-refractivity contribution in [3.05, 3.63) is 29.3 Å². The first-order valence-electron chi connectivity index (χ1n) is 8.36. The van der Waals surface area contributed by atoms with Gasteiger partial charge in [-0.2, -0.15) is 0 Å². The standard InChI is InChI=1S/C18H29N3/c1-13-4-7-18(15(10-13)11-14(2)19)21-9-8-16-5-6-17(12-21)20(16)3/h4,7,10,14,16-17H,5-6,8-9,11-12,19H2,1-3H3. The third kappa shape index (κ3) is 3.09. The number of hydrogen-bond acceptors (Lipinski definition) is 3. The van der Waals surface area contributed by atoms with Gasteiger partial charge in [-0.1, -0.05) is 17.7 Å². The van der Waals surface area contributed by atoms with E-state index in [0.29, 0.717) is 0 Å². The van der Waals surface area contributed by atoms with Crippen molar-refractivity contribution >= 4 is 5.69 Å². The number of benzene rings is 1. The Morgan fingerprint density at radius 1 is 1.24 bits per heavy atom. The van der Waals surface area contributed by atoms with Gasteiger partial charge in [0.05, 0.1) is 0 Å². The molecule has 3 atom stereocenters.